The Hall–Kier alpha value is -6.17. The summed E-state index contributed by atoms with van der Waals surface area (Å²) < 4.78 is 65.5. The van der Waals surface area contributed by atoms with Gasteiger partial charge in [0.2, 0.25) is 5.75 Å². The second-order valence-electron chi connectivity index (χ2n) is 16.6. The third-order valence-electron chi connectivity index (χ3n) is 12.4. The molecule has 336 valence electrons. The number of hydrogen-bond donors (Lipinski definition) is 0. The molecule has 2 unspecified atom stereocenters. The average molecular weight is 897 g/mol. The Kier molecular flexibility index (Phi) is 11.7. The van der Waals surface area contributed by atoms with E-state index in [1.54, 1.807) is 12.1 Å². The highest BCUT2D eigenvalue weighted by Gasteiger charge is 2.49. The quantitative estimate of drug-likeness (QED) is 0.112. The van der Waals surface area contributed by atoms with E-state index in [-0.39, 0.29) is 42.0 Å². The molecule has 4 aromatic carbocycles. The molecule has 4 atom stereocenters. The molecule has 2 aromatic heterocycles. The number of methoxy groups -OCH3 is 2. The second-order valence-corrected chi connectivity index (χ2v) is 19.9. The summed E-state index contributed by atoms with van der Waals surface area (Å²) in [7, 11) is 1.03. The number of amides is 1. The van der Waals surface area contributed by atoms with Crippen LogP contribution in [0.3, 0.4) is 0 Å². The molecule has 0 spiro atoms. The average Bonchev–Trinajstić information content (AvgIpc) is 4.04. The van der Waals surface area contributed by atoms with Crippen LogP contribution in [0.15, 0.2) is 112 Å². The van der Waals surface area contributed by atoms with Gasteiger partial charge in [-0.05, 0) is 91.7 Å². The fourth-order valence-corrected chi connectivity index (χ4v) is 12.1. The van der Waals surface area contributed by atoms with Gasteiger partial charge in [-0.25, -0.2) is 18.4 Å². The van der Waals surface area contributed by atoms with Crippen LogP contribution in [0.25, 0.3) is 11.0 Å². The zero-order chi connectivity index (χ0) is 44.8. The van der Waals surface area contributed by atoms with E-state index in [0.717, 1.165) is 48.5 Å². The first-order valence-corrected chi connectivity index (χ1v) is 23.3. The van der Waals surface area contributed by atoms with Crippen molar-refractivity contribution in [3.8, 4) is 17.2 Å². The van der Waals surface area contributed by atoms with Crippen LogP contribution in [-0.4, -0.2) is 103 Å². The Morgan fingerprint density at radius 1 is 0.906 bits per heavy atom. The van der Waals surface area contributed by atoms with E-state index in [1.807, 2.05) is 49.3 Å². The summed E-state index contributed by atoms with van der Waals surface area (Å²) in [5.74, 6) is 0.520. The van der Waals surface area contributed by atoms with Crippen LogP contribution in [0, 0.1) is 11.6 Å². The Morgan fingerprint density at radius 3 is 2.23 bits per heavy atom. The highest BCUT2D eigenvalue weighted by molar-refractivity contribution is 8.45. The standard InChI is InChI=1S/C47H50F2N6O8S/c1-30(2)55-40(37-23-61-44-36(43(37)56)15-17-41(58-3)45(44)59-4)25-64(5,46(55)57)35-13-9-33(10-14-35)53-20-18-52(19-21-53)32-7-11-34(12-8-32)60-24-42-62-27-47(63-42,26-54-29-50-28-51-54)38-16-6-31(48)22-39(38)49/h6-17,22-23,28-30,40,42H,18-21,24-27H2,1-5H3/t40?,42-,47+/m0/s1. The minimum absolute atomic E-state index is 0.0120. The summed E-state index contributed by atoms with van der Waals surface area (Å²) in [4.78, 5) is 39.8. The first kappa shape index (κ1) is 43.1. The first-order valence-electron chi connectivity index (χ1n) is 21.1. The van der Waals surface area contributed by atoms with Gasteiger partial charge in [-0.2, -0.15) is 5.10 Å². The van der Waals surface area contributed by atoms with Gasteiger partial charge in [0, 0.05) is 61.0 Å². The van der Waals surface area contributed by atoms with Gasteiger partial charge in [0.15, 0.2) is 23.1 Å². The van der Waals surface area contributed by atoms with Crippen LogP contribution >= 0.6 is 10.0 Å². The maximum atomic E-state index is 15.0. The molecule has 0 radical (unpaired) electrons. The van der Waals surface area contributed by atoms with E-state index < -0.39 is 39.6 Å². The first-order chi connectivity index (χ1) is 30.9. The largest absolute Gasteiger partial charge is 0.493 e. The van der Waals surface area contributed by atoms with Gasteiger partial charge in [-0.1, -0.05) is 6.07 Å². The lowest BCUT2D eigenvalue weighted by molar-refractivity contribution is -0.117. The molecule has 3 aliphatic rings. The number of aromatic nitrogens is 3. The number of nitrogens with zero attached hydrogens (tertiary/aromatic N) is 6. The van der Waals surface area contributed by atoms with Crippen LogP contribution in [0.5, 0.6) is 17.2 Å². The van der Waals surface area contributed by atoms with Crippen molar-refractivity contribution < 1.29 is 41.7 Å². The summed E-state index contributed by atoms with van der Waals surface area (Å²) in [6.45, 7) is 7.36. The highest BCUT2D eigenvalue weighted by Crippen LogP contribution is 2.63. The third kappa shape index (κ3) is 7.89. The predicted molar refractivity (Wildman–Crippen MR) is 239 cm³/mol. The monoisotopic (exact) mass is 896 g/mol. The molecule has 17 heteroatoms. The molecule has 5 heterocycles. The highest BCUT2D eigenvalue weighted by atomic mass is 32.3. The smallest absolute Gasteiger partial charge is 0.268 e. The fraction of sp³-hybridized carbons (Fsp3) is 0.362. The Morgan fingerprint density at radius 2 is 1.61 bits per heavy atom. The molecule has 0 N–H and O–H groups in total. The summed E-state index contributed by atoms with van der Waals surface area (Å²) in [5, 5.41) is 4.57. The molecule has 64 heavy (non-hydrogen) atoms. The maximum absolute atomic E-state index is 15.0. The number of halogens is 2. The van der Waals surface area contributed by atoms with Crippen molar-refractivity contribution in [1.82, 2.24) is 19.7 Å². The van der Waals surface area contributed by atoms with Gasteiger partial charge in [-0.15, -0.1) is 10.0 Å². The molecule has 0 saturated carbocycles. The maximum Gasteiger partial charge on any atom is 0.268 e. The van der Waals surface area contributed by atoms with Crippen LogP contribution < -0.4 is 29.4 Å². The van der Waals surface area contributed by atoms with E-state index in [0.29, 0.717) is 39.5 Å². The molecule has 6 aromatic rings. The number of carbonyl (C=O) groups is 1. The summed E-state index contributed by atoms with van der Waals surface area (Å²) in [6.07, 6.45) is 5.60. The number of piperazine rings is 1. The normalized spacial score (nSPS) is 23.5. The van der Waals surface area contributed by atoms with Gasteiger partial charge in [0.1, 0.15) is 48.5 Å². The van der Waals surface area contributed by atoms with Gasteiger partial charge >= 0.3 is 0 Å². The molecular formula is C47H50F2N6O8S. The second kappa shape index (κ2) is 17.4. The number of ether oxygens (including phenoxy) is 5. The zero-order valence-electron chi connectivity index (χ0n) is 36.2. The number of carbonyl (C=O) groups excluding carboxylic acids is 1. The van der Waals surface area contributed by atoms with Crippen molar-refractivity contribution >= 4 is 37.6 Å². The van der Waals surface area contributed by atoms with Crippen molar-refractivity contribution in [1.29, 1.82) is 0 Å². The Bertz CT molecular complexity index is 2700. The van der Waals surface area contributed by atoms with Crippen molar-refractivity contribution in [3.05, 3.63) is 131 Å². The minimum atomic E-state index is -2.00. The predicted octanol–water partition coefficient (Wildman–Crippen LogP) is 7.73. The molecule has 14 nitrogen and oxygen atoms in total. The number of fused-ring (bicyclic) bond motifs is 1. The lowest BCUT2D eigenvalue weighted by Crippen LogP contribution is -2.46. The van der Waals surface area contributed by atoms with E-state index >= 15 is 4.39 Å². The van der Waals surface area contributed by atoms with Crippen LogP contribution in [0.2, 0.25) is 0 Å². The van der Waals surface area contributed by atoms with Crippen molar-refractivity contribution in [2.45, 2.75) is 49.3 Å². The lowest BCUT2D eigenvalue weighted by Gasteiger charge is -2.38. The van der Waals surface area contributed by atoms with Crippen molar-refractivity contribution in [3.63, 3.8) is 0 Å². The molecule has 1 amide bonds. The SMILES string of the molecule is COc1ccc2c(=O)c(C3CS(C)(c4ccc(N5CCN(c6ccc(OC[C@H]7OC[C@](Cn8cncn8)(c8ccc(F)cc8F)O7)cc6)CC5)cc4)C(=O)N3C(C)C)coc2c1OC. The molecular weight excluding hydrogens is 847 g/mol. The van der Waals surface area contributed by atoms with Crippen LogP contribution in [0.4, 0.5) is 25.0 Å². The lowest BCUT2D eigenvalue weighted by atomic mass is 9.94. The van der Waals surface area contributed by atoms with E-state index in [9.17, 15) is 14.0 Å². The van der Waals surface area contributed by atoms with Crippen LogP contribution in [-0.2, 0) is 21.6 Å². The zero-order valence-corrected chi connectivity index (χ0v) is 37.1. The third-order valence-corrected chi connectivity index (χ3v) is 15.7. The minimum Gasteiger partial charge on any atom is -0.493 e. The molecule has 0 bridgehead atoms. The van der Waals surface area contributed by atoms with Crippen molar-refractivity contribution in [2.24, 2.45) is 0 Å². The number of benzene rings is 4. The van der Waals surface area contributed by atoms with Crippen molar-refractivity contribution in [2.75, 3.05) is 75.4 Å². The van der Waals surface area contributed by atoms with Gasteiger partial charge in [0.05, 0.1) is 44.4 Å². The molecule has 9 rings (SSSR count). The summed E-state index contributed by atoms with van der Waals surface area (Å²) in [6, 6.07) is 22.4. The molecule has 3 fully saturated rings. The van der Waals surface area contributed by atoms with Crippen LogP contribution in [0.1, 0.15) is 31.0 Å². The van der Waals surface area contributed by atoms with Gasteiger partial charge < -0.3 is 42.8 Å². The molecule has 3 aliphatic heterocycles. The Labute approximate surface area is 370 Å². The van der Waals surface area contributed by atoms with E-state index in [2.05, 4.69) is 44.1 Å². The molecule has 0 aliphatic carbocycles. The topological polar surface area (TPSA) is 134 Å². The van der Waals surface area contributed by atoms with Gasteiger partial charge in [0.25, 0.3) is 5.24 Å². The Balaban J connectivity index is 0.817. The number of hydrogen-bond acceptors (Lipinski definition) is 12. The van der Waals surface area contributed by atoms with E-state index in [4.69, 9.17) is 28.1 Å². The summed E-state index contributed by atoms with van der Waals surface area (Å²) in [5.41, 5.74) is 1.63. The molecule has 3 saturated heterocycles. The van der Waals surface area contributed by atoms with E-state index in [1.165, 1.54) is 50.0 Å². The fourth-order valence-electron chi connectivity index (χ4n) is 9.06. The number of anilines is 2. The van der Waals surface area contributed by atoms with Gasteiger partial charge in [-0.3, -0.25) is 9.59 Å². The number of rotatable bonds is 13. The summed E-state index contributed by atoms with van der Waals surface area (Å²) >= 11 is 0.